The number of hydrogen-bond donors (Lipinski definition) is 2. The van der Waals surface area contributed by atoms with Crippen molar-refractivity contribution >= 4 is 28.6 Å². The molecule has 144 valence electrons. The van der Waals surface area contributed by atoms with E-state index in [1.54, 1.807) is 24.3 Å². The normalized spacial score (nSPS) is 16.3. The second-order valence-electron chi connectivity index (χ2n) is 6.94. The first-order chi connectivity index (χ1) is 12.8. The van der Waals surface area contributed by atoms with Gasteiger partial charge in [0.05, 0.1) is 10.5 Å². The van der Waals surface area contributed by atoms with Crippen molar-refractivity contribution in [1.82, 2.24) is 9.62 Å². The molecular formula is C20H24N2O3S2. The third kappa shape index (κ3) is 4.36. The highest BCUT2D eigenvalue weighted by Crippen LogP contribution is 2.24. The summed E-state index contributed by atoms with van der Waals surface area (Å²) in [6, 6.07) is 12.5. The van der Waals surface area contributed by atoms with Gasteiger partial charge in [0.2, 0.25) is 10.0 Å². The Labute approximate surface area is 166 Å². The second kappa shape index (κ2) is 8.04. The lowest BCUT2D eigenvalue weighted by Crippen LogP contribution is -2.46. The molecule has 0 aromatic heterocycles. The summed E-state index contributed by atoms with van der Waals surface area (Å²) in [7, 11) is -3.51. The number of piperidine rings is 1. The largest absolute Gasteiger partial charge is 0.349 e. The number of carbonyl (C=O) groups excluding carboxylic acids is 1. The van der Waals surface area contributed by atoms with Crippen molar-refractivity contribution in [3.05, 3.63) is 59.2 Å². The summed E-state index contributed by atoms with van der Waals surface area (Å²) in [4.78, 5) is 13.4. The minimum absolute atomic E-state index is 0.0454. The van der Waals surface area contributed by atoms with Crippen LogP contribution in [0.5, 0.6) is 0 Å². The monoisotopic (exact) mass is 404 g/mol. The second-order valence-corrected chi connectivity index (χ2v) is 9.33. The van der Waals surface area contributed by atoms with Crippen molar-refractivity contribution < 1.29 is 13.2 Å². The summed E-state index contributed by atoms with van der Waals surface area (Å²) in [6.45, 7) is 4.55. The van der Waals surface area contributed by atoms with E-state index in [1.165, 1.54) is 4.31 Å². The topological polar surface area (TPSA) is 66.5 Å². The number of nitrogens with one attached hydrogen (secondary N) is 1. The molecule has 1 saturated heterocycles. The number of hydrogen-bond acceptors (Lipinski definition) is 4. The smallest absolute Gasteiger partial charge is 0.252 e. The fourth-order valence-corrected chi connectivity index (χ4v) is 5.33. The number of thiol groups is 1. The minimum atomic E-state index is -3.51. The maximum atomic E-state index is 12.9. The van der Waals surface area contributed by atoms with Crippen LogP contribution in [-0.4, -0.2) is 37.8 Å². The van der Waals surface area contributed by atoms with Gasteiger partial charge in [0.25, 0.3) is 5.91 Å². The predicted molar refractivity (Wildman–Crippen MR) is 109 cm³/mol. The van der Waals surface area contributed by atoms with E-state index in [9.17, 15) is 13.2 Å². The fourth-order valence-electron chi connectivity index (χ4n) is 3.40. The van der Waals surface area contributed by atoms with Gasteiger partial charge >= 0.3 is 0 Å². The van der Waals surface area contributed by atoms with Gasteiger partial charge in [0, 0.05) is 24.0 Å². The molecule has 0 aliphatic carbocycles. The van der Waals surface area contributed by atoms with Gasteiger partial charge in [0.1, 0.15) is 0 Å². The quantitative estimate of drug-likeness (QED) is 0.769. The Morgan fingerprint density at radius 1 is 1.11 bits per heavy atom. The molecule has 2 aromatic carbocycles. The Morgan fingerprint density at radius 2 is 1.78 bits per heavy atom. The van der Waals surface area contributed by atoms with Crippen LogP contribution in [0.3, 0.4) is 0 Å². The lowest BCUT2D eigenvalue weighted by atomic mass is 10.1. The van der Waals surface area contributed by atoms with Crippen LogP contribution in [0.4, 0.5) is 0 Å². The lowest BCUT2D eigenvalue weighted by Gasteiger charge is -2.32. The van der Waals surface area contributed by atoms with Crippen LogP contribution in [0.1, 0.15) is 34.3 Å². The first-order valence-corrected chi connectivity index (χ1v) is 10.8. The van der Waals surface area contributed by atoms with E-state index < -0.39 is 10.0 Å². The highest BCUT2D eigenvalue weighted by Gasteiger charge is 2.31. The summed E-state index contributed by atoms with van der Waals surface area (Å²) in [5.74, 6) is -0.170. The van der Waals surface area contributed by atoms with Gasteiger partial charge in [0.15, 0.2) is 0 Å². The Balaban J connectivity index is 1.65. The molecule has 5 nitrogen and oxygen atoms in total. The molecule has 7 heteroatoms. The van der Waals surface area contributed by atoms with Gasteiger partial charge in [-0.15, -0.1) is 12.6 Å². The van der Waals surface area contributed by atoms with Crippen molar-refractivity contribution in [2.24, 2.45) is 0 Å². The van der Waals surface area contributed by atoms with Crippen molar-refractivity contribution in [2.45, 2.75) is 42.5 Å². The Bertz CT molecular complexity index is 949. The molecule has 0 atom stereocenters. The van der Waals surface area contributed by atoms with Gasteiger partial charge in [-0.1, -0.05) is 29.8 Å². The molecule has 1 amide bonds. The summed E-state index contributed by atoms with van der Waals surface area (Å²) >= 11 is 4.32. The van der Waals surface area contributed by atoms with E-state index in [2.05, 4.69) is 17.9 Å². The number of amides is 1. The Kier molecular flexibility index (Phi) is 5.93. The van der Waals surface area contributed by atoms with Crippen molar-refractivity contribution in [3.8, 4) is 0 Å². The van der Waals surface area contributed by atoms with Crippen LogP contribution in [0, 0.1) is 13.8 Å². The van der Waals surface area contributed by atoms with Gasteiger partial charge in [-0.05, 0) is 50.5 Å². The summed E-state index contributed by atoms with van der Waals surface area (Å²) in [6.07, 6.45) is 1.18. The molecule has 0 spiro atoms. The molecule has 1 heterocycles. The van der Waals surface area contributed by atoms with E-state index >= 15 is 0 Å². The van der Waals surface area contributed by atoms with Gasteiger partial charge in [-0.25, -0.2) is 8.42 Å². The minimum Gasteiger partial charge on any atom is -0.349 e. The van der Waals surface area contributed by atoms with Crippen LogP contribution >= 0.6 is 12.6 Å². The SMILES string of the molecule is Cc1ccc(S(=O)(=O)N2CCC(NC(=O)c3ccccc3S)CC2)c(C)c1. The number of aryl methyl sites for hydroxylation is 2. The first-order valence-electron chi connectivity index (χ1n) is 8.95. The van der Waals surface area contributed by atoms with Crippen molar-refractivity contribution in [3.63, 3.8) is 0 Å². The highest BCUT2D eigenvalue weighted by atomic mass is 32.2. The first kappa shape index (κ1) is 19.9. The summed E-state index contributed by atoms with van der Waals surface area (Å²) in [5.41, 5.74) is 2.33. The molecule has 1 N–H and O–H groups in total. The molecule has 0 unspecified atom stereocenters. The van der Waals surface area contributed by atoms with Crippen molar-refractivity contribution in [2.75, 3.05) is 13.1 Å². The molecule has 0 bridgehead atoms. The molecular weight excluding hydrogens is 380 g/mol. The zero-order valence-electron chi connectivity index (χ0n) is 15.5. The average molecular weight is 405 g/mol. The highest BCUT2D eigenvalue weighted by molar-refractivity contribution is 7.89. The number of carbonyl (C=O) groups is 1. The van der Waals surface area contributed by atoms with Crippen LogP contribution < -0.4 is 5.32 Å². The number of nitrogens with zero attached hydrogens (tertiary/aromatic N) is 1. The van der Waals surface area contributed by atoms with Crippen LogP contribution in [0.15, 0.2) is 52.3 Å². The summed E-state index contributed by atoms with van der Waals surface area (Å²) < 4.78 is 27.4. The van der Waals surface area contributed by atoms with E-state index in [-0.39, 0.29) is 11.9 Å². The number of rotatable bonds is 4. The molecule has 1 fully saturated rings. The van der Waals surface area contributed by atoms with E-state index in [0.29, 0.717) is 41.3 Å². The van der Waals surface area contributed by atoms with E-state index in [4.69, 9.17) is 0 Å². The maximum Gasteiger partial charge on any atom is 0.252 e. The Hall–Kier alpha value is -1.83. The predicted octanol–water partition coefficient (Wildman–Crippen LogP) is 3.18. The maximum absolute atomic E-state index is 12.9. The van der Waals surface area contributed by atoms with Crippen LogP contribution in [0.2, 0.25) is 0 Å². The molecule has 2 aromatic rings. The van der Waals surface area contributed by atoms with Crippen LogP contribution in [0.25, 0.3) is 0 Å². The van der Waals surface area contributed by atoms with Crippen LogP contribution in [-0.2, 0) is 10.0 Å². The van der Waals surface area contributed by atoms with Crippen molar-refractivity contribution in [1.29, 1.82) is 0 Å². The van der Waals surface area contributed by atoms with E-state index in [0.717, 1.165) is 11.1 Å². The molecule has 1 aliphatic heterocycles. The van der Waals surface area contributed by atoms with Gasteiger partial charge in [-0.2, -0.15) is 4.31 Å². The summed E-state index contributed by atoms with van der Waals surface area (Å²) in [5, 5.41) is 3.00. The molecule has 1 aliphatic rings. The number of sulfonamides is 1. The van der Waals surface area contributed by atoms with Gasteiger partial charge < -0.3 is 5.32 Å². The Morgan fingerprint density at radius 3 is 2.41 bits per heavy atom. The molecule has 0 saturated carbocycles. The molecule has 3 rings (SSSR count). The number of benzene rings is 2. The lowest BCUT2D eigenvalue weighted by molar-refractivity contribution is 0.0921. The molecule has 0 radical (unpaired) electrons. The third-order valence-electron chi connectivity index (χ3n) is 4.89. The zero-order chi connectivity index (χ0) is 19.6. The third-order valence-corrected chi connectivity index (χ3v) is 7.33. The standard InChI is InChI=1S/C20H24N2O3S2/c1-14-7-8-19(15(2)13-14)27(24,25)22-11-9-16(10-12-22)21-20(23)17-5-3-4-6-18(17)26/h3-8,13,16,26H,9-12H2,1-2H3,(H,21,23). The average Bonchev–Trinajstić information content (AvgIpc) is 2.62. The van der Waals surface area contributed by atoms with E-state index in [1.807, 2.05) is 32.0 Å². The fraction of sp³-hybridized carbons (Fsp3) is 0.350. The van der Waals surface area contributed by atoms with Gasteiger partial charge in [-0.3, -0.25) is 4.79 Å². The zero-order valence-corrected chi connectivity index (χ0v) is 17.2. The molecule has 27 heavy (non-hydrogen) atoms.